The SMILES string of the molecule is Cc1cc(C=O)cnc1Oc1cccc(C(C)(C)C)c1. The average molecular weight is 269 g/mol. The predicted octanol–water partition coefficient (Wildman–Crippen LogP) is 4.29. The molecule has 1 aromatic carbocycles. The lowest BCUT2D eigenvalue weighted by molar-refractivity contribution is 0.112. The van der Waals surface area contributed by atoms with Crippen molar-refractivity contribution in [1.29, 1.82) is 0 Å². The quantitative estimate of drug-likeness (QED) is 0.780. The number of nitrogens with zero attached hydrogens (tertiary/aromatic N) is 1. The number of hydrogen-bond donors (Lipinski definition) is 0. The number of hydrogen-bond acceptors (Lipinski definition) is 3. The maximum absolute atomic E-state index is 10.7. The third-order valence-corrected chi connectivity index (χ3v) is 3.10. The van der Waals surface area contributed by atoms with Gasteiger partial charge in [0.25, 0.3) is 0 Å². The highest BCUT2D eigenvalue weighted by Gasteiger charge is 2.14. The van der Waals surface area contributed by atoms with Crippen LogP contribution in [0.25, 0.3) is 0 Å². The third kappa shape index (κ3) is 3.23. The van der Waals surface area contributed by atoms with Crippen LogP contribution in [0.5, 0.6) is 11.6 Å². The van der Waals surface area contributed by atoms with Crippen LogP contribution in [0.3, 0.4) is 0 Å². The topological polar surface area (TPSA) is 39.2 Å². The molecule has 0 unspecified atom stereocenters. The molecule has 0 saturated carbocycles. The summed E-state index contributed by atoms with van der Waals surface area (Å²) in [6.45, 7) is 8.36. The molecule has 0 amide bonds. The van der Waals surface area contributed by atoms with Gasteiger partial charge >= 0.3 is 0 Å². The summed E-state index contributed by atoms with van der Waals surface area (Å²) in [4.78, 5) is 14.9. The minimum Gasteiger partial charge on any atom is -0.439 e. The fourth-order valence-corrected chi connectivity index (χ4v) is 1.89. The minimum atomic E-state index is 0.0726. The Morgan fingerprint density at radius 3 is 2.55 bits per heavy atom. The van der Waals surface area contributed by atoms with E-state index in [1.165, 1.54) is 11.8 Å². The van der Waals surface area contributed by atoms with E-state index in [0.29, 0.717) is 11.4 Å². The Hall–Kier alpha value is -2.16. The fourth-order valence-electron chi connectivity index (χ4n) is 1.89. The molecule has 1 aromatic heterocycles. The lowest BCUT2D eigenvalue weighted by atomic mass is 9.87. The second-order valence-electron chi connectivity index (χ2n) is 5.89. The summed E-state index contributed by atoms with van der Waals surface area (Å²) >= 11 is 0. The molecule has 0 spiro atoms. The summed E-state index contributed by atoms with van der Waals surface area (Å²) in [6, 6.07) is 9.76. The number of aryl methyl sites for hydroxylation is 1. The number of benzene rings is 1. The lowest BCUT2D eigenvalue weighted by Gasteiger charge is -2.19. The van der Waals surface area contributed by atoms with Gasteiger partial charge in [-0.25, -0.2) is 4.98 Å². The Bertz CT molecular complexity index is 627. The van der Waals surface area contributed by atoms with Gasteiger partial charge in [-0.1, -0.05) is 32.9 Å². The molecule has 0 bridgehead atoms. The normalized spacial score (nSPS) is 11.2. The van der Waals surface area contributed by atoms with E-state index >= 15 is 0 Å². The van der Waals surface area contributed by atoms with E-state index in [1.807, 2.05) is 25.1 Å². The molecule has 0 aliphatic heterocycles. The van der Waals surface area contributed by atoms with Crippen molar-refractivity contribution >= 4 is 6.29 Å². The smallest absolute Gasteiger partial charge is 0.222 e. The molecule has 0 N–H and O–H groups in total. The molecule has 20 heavy (non-hydrogen) atoms. The molecule has 2 aromatic rings. The van der Waals surface area contributed by atoms with Crippen LogP contribution in [0.4, 0.5) is 0 Å². The van der Waals surface area contributed by atoms with Gasteiger partial charge in [0, 0.05) is 17.3 Å². The number of carbonyl (C=O) groups excluding carboxylic acids is 1. The largest absolute Gasteiger partial charge is 0.439 e. The summed E-state index contributed by atoms with van der Waals surface area (Å²) in [5.41, 5.74) is 2.68. The first-order valence-corrected chi connectivity index (χ1v) is 6.60. The van der Waals surface area contributed by atoms with Crippen LogP contribution in [0.15, 0.2) is 36.5 Å². The number of rotatable bonds is 3. The molecule has 0 atom stereocenters. The lowest BCUT2D eigenvalue weighted by Crippen LogP contribution is -2.10. The van der Waals surface area contributed by atoms with Gasteiger partial charge in [0.2, 0.25) is 5.88 Å². The molecule has 0 radical (unpaired) electrons. The highest BCUT2D eigenvalue weighted by molar-refractivity contribution is 5.74. The first-order valence-electron chi connectivity index (χ1n) is 6.60. The van der Waals surface area contributed by atoms with Crippen LogP contribution in [0.1, 0.15) is 42.3 Å². The molecule has 2 rings (SSSR count). The summed E-state index contributed by atoms with van der Waals surface area (Å²) in [6.07, 6.45) is 2.30. The van der Waals surface area contributed by atoms with Gasteiger partial charge in [-0.3, -0.25) is 4.79 Å². The monoisotopic (exact) mass is 269 g/mol. The Balaban J connectivity index is 2.28. The Morgan fingerprint density at radius 2 is 1.95 bits per heavy atom. The van der Waals surface area contributed by atoms with Crippen LogP contribution in [-0.4, -0.2) is 11.3 Å². The Morgan fingerprint density at radius 1 is 1.20 bits per heavy atom. The summed E-state index contributed by atoms with van der Waals surface area (Å²) < 4.78 is 5.82. The maximum Gasteiger partial charge on any atom is 0.222 e. The highest BCUT2D eigenvalue weighted by atomic mass is 16.5. The predicted molar refractivity (Wildman–Crippen MR) is 79.6 cm³/mol. The van der Waals surface area contributed by atoms with Gasteiger partial charge < -0.3 is 4.74 Å². The number of pyridine rings is 1. The van der Waals surface area contributed by atoms with Gasteiger partial charge in [0.1, 0.15) is 5.75 Å². The molecule has 0 saturated heterocycles. The molecule has 3 heteroatoms. The van der Waals surface area contributed by atoms with Crippen LogP contribution in [-0.2, 0) is 5.41 Å². The summed E-state index contributed by atoms with van der Waals surface area (Å²) in [5, 5.41) is 0. The van der Waals surface area contributed by atoms with Gasteiger partial charge in [0.05, 0.1) is 0 Å². The van der Waals surface area contributed by atoms with Crippen molar-refractivity contribution in [2.75, 3.05) is 0 Å². The van der Waals surface area contributed by atoms with Crippen molar-refractivity contribution in [2.24, 2.45) is 0 Å². The molecular formula is C17H19NO2. The van der Waals surface area contributed by atoms with E-state index in [0.717, 1.165) is 17.6 Å². The van der Waals surface area contributed by atoms with E-state index in [2.05, 4.69) is 31.8 Å². The number of carbonyl (C=O) groups is 1. The van der Waals surface area contributed by atoms with Gasteiger partial charge in [-0.15, -0.1) is 0 Å². The third-order valence-electron chi connectivity index (χ3n) is 3.10. The Labute approximate surface area is 119 Å². The van der Waals surface area contributed by atoms with E-state index in [9.17, 15) is 4.79 Å². The van der Waals surface area contributed by atoms with Crippen LogP contribution >= 0.6 is 0 Å². The molecular weight excluding hydrogens is 250 g/mol. The van der Waals surface area contributed by atoms with E-state index in [1.54, 1.807) is 6.07 Å². The van der Waals surface area contributed by atoms with Crippen LogP contribution in [0, 0.1) is 6.92 Å². The van der Waals surface area contributed by atoms with Crippen molar-refractivity contribution in [2.45, 2.75) is 33.1 Å². The fraction of sp³-hybridized carbons (Fsp3) is 0.294. The number of aromatic nitrogens is 1. The van der Waals surface area contributed by atoms with E-state index in [-0.39, 0.29) is 5.41 Å². The van der Waals surface area contributed by atoms with Gasteiger partial charge in [0.15, 0.2) is 6.29 Å². The molecule has 1 heterocycles. The van der Waals surface area contributed by atoms with Crippen molar-refractivity contribution in [3.8, 4) is 11.6 Å². The van der Waals surface area contributed by atoms with Gasteiger partial charge in [-0.05, 0) is 36.1 Å². The average Bonchev–Trinajstić information content (AvgIpc) is 2.40. The summed E-state index contributed by atoms with van der Waals surface area (Å²) in [7, 11) is 0. The zero-order valence-corrected chi connectivity index (χ0v) is 12.3. The molecule has 0 fully saturated rings. The highest BCUT2D eigenvalue weighted by Crippen LogP contribution is 2.28. The van der Waals surface area contributed by atoms with Crippen LogP contribution in [0.2, 0.25) is 0 Å². The van der Waals surface area contributed by atoms with Crippen molar-refractivity contribution in [3.63, 3.8) is 0 Å². The zero-order valence-electron chi connectivity index (χ0n) is 12.3. The first kappa shape index (κ1) is 14.3. The maximum atomic E-state index is 10.7. The van der Waals surface area contributed by atoms with Crippen molar-refractivity contribution < 1.29 is 9.53 Å². The second kappa shape index (κ2) is 5.45. The van der Waals surface area contributed by atoms with E-state index in [4.69, 9.17) is 4.74 Å². The van der Waals surface area contributed by atoms with E-state index < -0.39 is 0 Å². The minimum absolute atomic E-state index is 0.0726. The zero-order chi connectivity index (χ0) is 14.8. The first-order chi connectivity index (χ1) is 9.40. The molecule has 104 valence electrons. The molecule has 0 aliphatic carbocycles. The molecule has 3 nitrogen and oxygen atoms in total. The Kier molecular flexibility index (Phi) is 3.89. The number of ether oxygens (including phenoxy) is 1. The van der Waals surface area contributed by atoms with Crippen LogP contribution < -0.4 is 4.74 Å². The standard InChI is InChI=1S/C17H19NO2/c1-12-8-13(11-19)10-18-16(12)20-15-7-5-6-14(9-15)17(2,3)4/h5-11H,1-4H3. The second-order valence-corrected chi connectivity index (χ2v) is 5.89. The molecule has 0 aliphatic rings. The van der Waals surface area contributed by atoms with Crippen molar-refractivity contribution in [3.05, 3.63) is 53.2 Å². The number of aldehydes is 1. The van der Waals surface area contributed by atoms with Crippen molar-refractivity contribution in [1.82, 2.24) is 4.98 Å². The summed E-state index contributed by atoms with van der Waals surface area (Å²) in [5.74, 6) is 1.29. The van der Waals surface area contributed by atoms with Gasteiger partial charge in [-0.2, -0.15) is 0 Å².